The average molecular weight is 328 g/mol. The summed E-state index contributed by atoms with van der Waals surface area (Å²) in [5.41, 5.74) is 0.877. The van der Waals surface area contributed by atoms with E-state index in [1.807, 2.05) is 44.2 Å². The van der Waals surface area contributed by atoms with Crippen LogP contribution in [0.25, 0.3) is 0 Å². The van der Waals surface area contributed by atoms with Gasteiger partial charge in [0.25, 0.3) is 0 Å². The fourth-order valence-corrected chi connectivity index (χ4v) is 3.08. The number of hydrogen-bond acceptors (Lipinski definition) is 4. The number of hydrogen-bond donors (Lipinski definition) is 1. The monoisotopic (exact) mass is 328 g/mol. The van der Waals surface area contributed by atoms with Crippen molar-refractivity contribution in [2.75, 3.05) is 19.3 Å². The van der Waals surface area contributed by atoms with Crippen LogP contribution in [0.1, 0.15) is 25.8 Å². The number of carbonyl (C=O) groups is 1. The van der Waals surface area contributed by atoms with E-state index < -0.39 is 16.1 Å². The van der Waals surface area contributed by atoms with E-state index in [9.17, 15) is 13.2 Å². The molecular weight excluding hydrogens is 304 g/mol. The zero-order valence-corrected chi connectivity index (χ0v) is 14.1. The number of benzene rings is 1. The van der Waals surface area contributed by atoms with Crippen molar-refractivity contribution in [3.05, 3.63) is 35.9 Å². The van der Waals surface area contributed by atoms with Crippen molar-refractivity contribution in [1.82, 2.24) is 9.62 Å². The fraction of sp³-hybridized carbons (Fsp3) is 0.533. The standard InChI is InChI=1S/C15H24N2O4S/c1-4-13(2)17(3)22(19,20)11-10-16-15(18)21-12-14-8-6-5-7-9-14/h5-9,13H,4,10-12H2,1-3H3,(H,16,18)/t13-/m1/s1. The molecule has 1 aromatic carbocycles. The van der Waals surface area contributed by atoms with E-state index in [0.717, 1.165) is 12.0 Å². The smallest absolute Gasteiger partial charge is 0.407 e. The molecule has 0 heterocycles. The lowest BCUT2D eigenvalue weighted by molar-refractivity contribution is 0.140. The van der Waals surface area contributed by atoms with E-state index in [4.69, 9.17) is 4.74 Å². The quantitative estimate of drug-likeness (QED) is 0.791. The molecule has 0 bridgehead atoms. The summed E-state index contributed by atoms with van der Waals surface area (Å²) in [6, 6.07) is 9.22. The maximum absolute atomic E-state index is 12.0. The van der Waals surface area contributed by atoms with Crippen LogP contribution < -0.4 is 5.32 Å². The first-order valence-corrected chi connectivity index (χ1v) is 8.88. The first-order valence-electron chi connectivity index (χ1n) is 7.27. The molecule has 1 rings (SSSR count). The van der Waals surface area contributed by atoms with Crippen LogP contribution in [0.2, 0.25) is 0 Å². The van der Waals surface area contributed by atoms with Gasteiger partial charge in [0.15, 0.2) is 0 Å². The number of sulfonamides is 1. The van der Waals surface area contributed by atoms with Crippen molar-refractivity contribution in [3.8, 4) is 0 Å². The summed E-state index contributed by atoms with van der Waals surface area (Å²) in [6.07, 6.45) is 0.118. The zero-order valence-electron chi connectivity index (χ0n) is 13.3. The van der Waals surface area contributed by atoms with Gasteiger partial charge in [-0.1, -0.05) is 37.3 Å². The van der Waals surface area contributed by atoms with E-state index in [1.165, 1.54) is 4.31 Å². The predicted molar refractivity (Wildman–Crippen MR) is 85.9 cm³/mol. The first-order chi connectivity index (χ1) is 10.4. The van der Waals surface area contributed by atoms with Crippen molar-refractivity contribution >= 4 is 16.1 Å². The Labute approximate surface area is 132 Å². The number of nitrogens with zero attached hydrogens (tertiary/aromatic N) is 1. The largest absolute Gasteiger partial charge is 0.445 e. The lowest BCUT2D eigenvalue weighted by Gasteiger charge is -2.23. The Bertz CT molecular complexity index is 560. The highest BCUT2D eigenvalue weighted by atomic mass is 32.2. The van der Waals surface area contributed by atoms with E-state index in [0.29, 0.717) is 0 Å². The maximum Gasteiger partial charge on any atom is 0.407 e. The molecule has 1 aromatic rings. The molecule has 0 aliphatic heterocycles. The summed E-state index contributed by atoms with van der Waals surface area (Å²) in [4.78, 5) is 11.5. The highest BCUT2D eigenvalue weighted by Gasteiger charge is 2.21. The molecule has 0 aliphatic carbocycles. The van der Waals surface area contributed by atoms with Crippen LogP contribution in [0.5, 0.6) is 0 Å². The highest BCUT2D eigenvalue weighted by Crippen LogP contribution is 2.07. The molecule has 0 saturated carbocycles. The third-order valence-corrected chi connectivity index (χ3v) is 5.45. The van der Waals surface area contributed by atoms with Crippen molar-refractivity contribution in [2.24, 2.45) is 0 Å². The molecule has 1 amide bonds. The second-order valence-electron chi connectivity index (χ2n) is 5.08. The Hall–Kier alpha value is -1.60. The minimum absolute atomic E-state index is 0.0245. The van der Waals surface area contributed by atoms with Crippen LogP contribution in [0.4, 0.5) is 4.79 Å². The molecule has 0 spiro atoms. The van der Waals surface area contributed by atoms with Gasteiger partial charge in [0.1, 0.15) is 6.61 Å². The summed E-state index contributed by atoms with van der Waals surface area (Å²) < 4.78 is 30.4. The second kappa shape index (κ2) is 8.75. The molecule has 22 heavy (non-hydrogen) atoms. The number of carbonyl (C=O) groups excluding carboxylic acids is 1. The van der Waals surface area contributed by atoms with Gasteiger partial charge < -0.3 is 10.1 Å². The molecule has 0 aromatic heterocycles. The van der Waals surface area contributed by atoms with Gasteiger partial charge in [-0.2, -0.15) is 0 Å². The van der Waals surface area contributed by atoms with E-state index in [-0.39, 0.29) is 24.9 Å². The maximum atomic E-state index is 12.0. The Morgan fingerprint density at radius 3 is 2.55 bits per heavy atom. The summed E-state index contributed by atoms with van der Waals surface area (Å²) in [7, 11) is -1.82. The molecular formula is C15H24N2O4S. The molecule has 0 aliphatic rings. The van der Waals surface area contributed by atoms with Gasteiger partial charge in [0, 0.05) is 19.6 Å². The molecule has 7 heteroatoms. The van der Waals surface area contributed by atoms with Crippen LogP contribution in [-0.4, -0.2) is 44.2 Å². The Morgan fingerprint density at radius 1 is 1.32 bits per heavy atom. The topological polar surface area (TPSA) is 75.7 Å². The Morgan fingerprint density at radius 2 is 1.95 bits per heavy atom. The van der Waals surface area contributed by atoms with Crippen molar-refractivity contribution in [2.45, 2.75) is 32.9 Å². The van der Waals surface area contributed by atoms with Crippen LogP contribution in [0.3, 0.4) is 0 Å². The molecule has 0 fully saturated rings. The van der Waals surface area contributed by atoms with Crippen molar-refractivity contribution in [3.63, 3.8) is 0 Å². The highest BCUT2D eigenvalue weighted by molar-refractivity contribution is 7.89. The fourth-order valence-electron chi connectivity index (χ4n) is 1.73. The van der Waals surface area contributed by atoms with Gasteiger partial charge in [-0.3, -0.25) is 0 Å². The van der Waals surface area contributed by atoms with Crippen LogP contribution in [-0.2, 0) is 21.4 Å². The average Bonchev–Trinajstić information content (AvgIpc) is 2.52. The van der Waals surface area contributed by atoms with Crippen molar-refractivity contribution in [1.29, 1.82) is 0 Å². The summed E-state index contributed by atoms with van der Waals surface area (Å²) in [6.45, 7) is 3.96. The van der Waals surface area contributed by atoms with Gasteiger partial charge in [-0.25, -0.2) is 17.5 Å². The number of nitrogens with one attached hydrogen (secondary N) is 1. The third-order valence-electron chi connectivity index (χ3n) is 3.49. The molecule has 0 saturated heterocycles. The minimum Gasteiger partial charge on any atom is -0.445 e. The van der Waals surface area contributed by atoms with E-state index >= 15 is 0 Å². The van der Waals surface area contributed by atoms with Crippen LogP contribution >= 0.6 is 0 Å². The van der Waals surface area contributed by atoms with Crippen LogP contribution in [0.15, 0.2) is 30.3 Å². The molecule has 1 N–H and O–H groups in total. The van der Waals surface area contributed by atoms with Gasteiger partial charge in [0.05, 0.1) is 5.75 Å². The molecule has 6 nitrogen and oxygen atoms in total. The molecule has 124 valence electrons. The number of amides is 1. The lowest BCUT2D eigenvalue weighted by Crippen LogP contribution is -2.39. The van der Waals surface area contributed by atoms with E-state index in [1.54, 1.807) is 7.05 Å². The van der Waals surface area contributed by atoms with E-state index in [2.05, 4.69) is 5.32 Å². The first kappa shape index (κ1) is 18.4. The van der Waals surface area contributed by atoms with Gasteiger partial charge >= 0.3 is 6.09 Å². The SMILES string of the molecule is CC[C@@H](C)N(C)S(=O)(=O)CCNC(=O)OCc1ccccc1. The minimum atomic E-state index is -3.37. The molecule has 0 radical (unpaired) electrons. The number of rotatable bonds is 8. The summed E-state index contributed by atoms with van der Waals surface area (Å²) in [5.74, 6) is -0.145. The summed E-state index contributed by atoms with van der Waals surface area (Å²) in [5, 5.41) is 2.45. The van der Waals surface area contributed by atoms with Crippen molar-refractivity contribution < 1.29 is 17.9 Å². The lowest BCUT2D eigenvalue weighted by atomic mass is 10.2. The summed E-state index contributed by atoms with van der Waals surface area (Å²) >= 11 is 0. The normalized spacial score (nSPS) is 12.9. The number of ether oxygens (including phenoxy) is 1. The third kappa shape index (κ3) is 6.03. The van der Waals surface area contributed by atoms with Gasteiger partial charge in [-0.05, 0) is 18.9 Å². The molecule has 1 atom stereocenters. The molecule has 0 unspecified atom stereocenters. The Balaban J connectivity index is 2.32. The zero-order chi connectivity index (χ0) is 16.6. The number of alkyl carbamates (subject to hydrolysis) is 1. The Kier molecular flexibility index (Phi) is 7.34. The predicted octanol–water partition coefficient (Wildman–Crippen LogP) is 1.97. The van der Waals surface area contributed by atoms with Gasteiger partial charge in [-0.15, -0.1) is 0 Å². The van der Waals surface area contributed by atoms with Crippen LogP contribution in [0, 0.1) is 0 Å². The van der Waals surface area contributed by atoms with Gasteiger partial charge in [0.2, 0.25) is 10.0 Å². The second-order valence-corrected chi connectivity index (χ2v) is 7.23.